The molecule has 0 saturated carbocycles. The Hall–Kier alpha value is -3.07. The third-order valence-electron chi connectivity index (χ3n) is 3.34. The summed E-state index contributed by atoms with van der Waals surface area (Å²) in [6, 6.07) is 6.48. The molecule has 1 atom stereocenters. The third kappa shape index (κ3) is 4.70. The number of carbonyl (C=O) groups excluding carboxylic acids is 1. The lowest BCUT2D eigenvalue weighted by Gasteiger charge is -2.14. The smallest absolute Gasteiger partial charge is 0.353 e. The van der Waals surface area contributed by atoms with Crippen LogP contribution in [-0.4, -0.2) is 40.4 Å². The Kier molecular flexibility index (Phi) is 5.96. The minimum Gasteiger partial charge on any atom is -0.383 e. The molecule has 0 aliphatic rings. The van der Waals surface area contributed by atoms with Gasteiger partial charge in [0.15, 0.2) is 5.78 Å². The van der Waals surface area contributed by atoms with Crippen LogP contribution < -0.4 is 10.6 Å². The van der Waals surface area contributed by atoms with Crippen molar-refractivity contribution in [2.45, 2.75) is 19.9 Å². The highest BCUT2D eigenvalue weighted by molar-refractivity contribution is 5.95. The van der Waals surface area contributed by atoms with E-state index >= 15 is 0 Å². The van der Waals surface area contributed by atoms with Crippen molar-refractivity contribution in [2.75, 3.05) is 24.4 Å². The van der Waals surface area contributed by atoms with Crippen molar-refractivity contribution in [3.8, 4) is 0 Å². The van der Waals surface area contributed by atoms with Crippen LogP contribution in [0.1, 0.15) is 24.2 Å². The van der Waals surface area contributed by atoms with Gasteiger partial charge in [-0.3, -0.25) is 14.9 Å². The Morgan fingerprint density at radius 3 is 2.72 bits per heavy atom. The number of Topliss-reactive ketones (excluding diaryl/α,β-unsaturated/α-hetero) is 1. The van der Waals surface area contributed by atoms with Gasteiger partial charge >= 0.3 is 5.69 Å². The molecule has 0 radical (unpaired) electrons. The van der Waals surface area contributed by atoms with E-state index in [9.17, 15) is 14.9 Å². The Morgan fingerprint density at radius 2 is 2.08 bits per heavy atom. The quantitative estimate of drug-likeness (QED) is 0.426. The number of ketones is 1. The van der Waals surface area contributed by atoms with Gasteiger partial charge in [0.1, 0.15) is 6.33 Å². The standard InChI is InChI=1S/C16H19N5O4/c1-10(8-25-3)19-15-14(21(23)24)16(18-9-17-15)20-13-6-4-5-12(7-13)11(2)22/h4-7,9-10H,8H2,1-3H3,(H2,17,18,19,20). The van der Waals surface area contributed by atoms with Gasteiger partial charge in [-0.1, -0.05) is 12.1 Å². The molecule has 132 valence electrons. The van der Waals surface area contributed by atoms with Crippen LogP contribution in [0.5, 0.6) is 0 Å². The minimum absolute atomic E-state index is 0.0350. The normalized spacial score (nSPS) is 11.6. The van der Waals surface area contributed by atoms with Gasteiger partial charge in [0.25, 0.3) is 0 Å². The Labute approximate surface area is 144 Å². The second-order valence-corrected chi connectivity index (χ2v) is 5.44. The molecule has 1 heterocycles. The minimum atomic E-state index is -0.557. The van der Waals surface area contributed by atoms with E-state index in [1.54, 1.807) is 31.4 Å². The molecule has 2 aromatic rings. The summed E-state index contributed by atoms with van der Waals surface area (Å²) in [5.41, 5.74) is 0.734. The van der Waals surface area contributed by atoms with Gasteiger partial charge in [0, 0.05) is 24.4 Å². The number of methoxy groups -OCH3 is 1. The van der Waals surface area contributed by atoms with Crippen molar-refractivity contribution in [1.29, 1.82) is 0 Å². The first-order valence-corrected chi connectivity index (χ1v) is 7.55. The summed E-state index contributed by atoms with van der Waals surface area (Å²) in [7, 11) is 1.54. The molecular formula is C16H19N5O4. The maximum atomic E-state index is 11.5. The van der Waals surface area contributed by atoms with E-state index in [-0.39, 0.29) is 29.1 Å². The molecule has 1 aromatic carbocycles. The number of anilines is 3. The lowest BCUT2D eigenvalue weighted by Crippen LogP contribution is -2.22. The average Bonchev–Trinajstić information content (AvgIpc) is 2.55. The van der Waals surface area contributed by atoms with Crippen molar-refractivity contribution in [3.63, 3.8) is 0 Å². The van der Waals surface area contributed by atoms with Gasteiger partial charge < -0.3 is 15.4 Å². The molecule has 9 heteroatoms. The van der Waals surface area contributed by atoms with Gasteiger partial charge in [0.2, 0.25) is 11.6 Å². The summed E-state index contributed by atoms with van der Waals surface area (Å²) in [5.74, 6) is 0.0270. The lowest BCUT2D eigenvalue weighted by atomic mass is 10.1. The van der Waals surface area contributed by atoms with E-state index in [1.807, 2.05) is 6.92 Å². The Bertz CT molecular complexity index is 781. The number of nitro groups is 1. The molecule has 2 N–H and O–H groups in total. The highest BCUT2D eigenvalue weighted by Crippen LogP contribution is 2.31. The largest absolute Gasteiger partial charge is 0.383 e. The van der Waals surface area contributed by atoms with Crippen LogP contribution in [0.3, 0.4) is 0 Å². The molecule has 0 saturated heterocycles. The van der Waals surface area contributed by atoms with Crippen LogP contribution >= 0.6 is 0 Å². The summed E-state index contributed by atoms with van der Waals surface area (Å²) in [6.07, 6.45) is 1.23. The van der Waals surface area contributed by atoms with Crippen LogP contribution in [0.15, 0.2) is 30.6 Å². The molecule has 0 bridgehead atoms. The maximum Gasteiger partial charge on any atom is 0.353 e. The van der Waals surface area contributed by atoms with Crippen molar-refractivity contribution in [2.24, 2.45) is 0 Å². The predicted octanol–water partition coefficient (Wildman–Crippen LogP) is 2.78. The molecule has 0 amide bonds. The van der Waals surface area contributed by atoms with Crippen molar-refractivity contribution >= 4 is 28.8 Å². The fraction of sp³-hybridized carbons (Fsp3) is 0.312. The molecule has 25 heavy (non-hydrogen) atoms. The first-order chi connectivity index (χ1) is 11.9. The maximum absolute atomic E-state index is 11.5. The highest BCUT2D eigenvalue weighted by Gasteiger charge is 2.24. The molecule has 1 aromatic heterocycles. The summed E-state index contributed by atoms with van der Waals surface area (Å²) in [6.45, 7) is 3.63. The number of benzene rings is 1. The van der Waals surface area contributed by atoms with Crippen molar-refractivity contribution in [1.82, 2.24) is 9.97 Å². The van der Waals surface area contributed by atoms with Crippen LogP contribution in [0.4, 0.5) is 23.0 Å². The summed E-state index contributed by atoms with van der Waals surface area (Å²) in [5, 5.41) is 17.3. The second kappa shape index (κ2) is 8.15. The second-order valence-electron chi connectivity index (χ2n) is 5.44. The van der Waals surface area contributed by atoms with Gasteiger partial charge in [-0.2, -0.15) is 0 Å². The molecule has 2 rings (SSSR count). The van der Waals surface area contributed by atoms with Crippen LogP contribution in [0.2, 0.25) is 0 Å². The fourth-order valence-electron chi connectivity index (χ4n) is 2.23. The summed E-state index contributed by atoms with van der Waals surface area (Å²) >= 11 is 0. The molecular weight excluding hydrogens is 326 g/mol. The van der Waals surface area contributed by atoms with Crippen molar-refractivity contribution < 1.29 is 14.5 Å². The van der Waals surface area contributed by atoms with E-state index in [0.29, 0.717) is 17.9 Å². The Balaban J connectivity index is 2.36. The summed E-state index contributed by atoms with van der Waals surface area (Å²) in [4.78, 5) is 30.3. The first kappa shape index (κ1) is 18.3. The monoisotopic (exact) mass is 345 g/mol. The molecule has 0 spiro atoms. The lowest BCUT2D eigenvalue weighted by molar-refractivity contribution is -0.383. The van der Waals surface area contributed by atoms with E-state index in [4.69, 9.17) is 4.74 Å². The Morgan fingerprint density at radius 1 is 1.36 bits per heavy atom. The molecule has 0 aliphatic carbocycles. The summed E-state index contributed by atoms with van der Waals surface area (Å²) < 4.78 is 5.01. The van der Waals surface area contributed by atoms with Crippen LogP contribution in [0.25, 0.3) is 0 Å². The topological polar surface area (TPSA) is 119 Å². The van der Waals surface area contributed by atoms with Gasteiger partial charge in [-0.05, 0) is 26.0 Å². The van der Waals surface area contributed by atoms with E-state index in [1.165, 1.54) is 13.3 Å². The molecule has 0 fully saturated rings. The zero-order chi connectivity index (χ0) is 18.4. The highest BCUT2D eigenvalue weighted by atomic mass is 16.6. The zero-order valence-electron chi connectivity index (χ0n) is 14.1. The zero-order valence-corrected chi connectivity index (χ0v) is 14.1. The van der Waals surface area contributed by atoms with E-state index < -0.39 is 4.92 Å². The third-order valence-corrected chi connectivity index (χ3v) is 3.34. The van der Waals surface area contributed by atoms with E-state index in [2.05, 4.69) is 20.6 Å². The number of hydrogen-bond donors (Lipinski definition) is 2. The van der Waals surface area contributed by atoms with Gasteiger partial charge in [-0.15, -0.1) is 0 Å². The molecule has 1 unspecified atom stereocenters. The van der Waals surface area contributed by atoms with E-state index in [0.717, 1.165) is 0 Å². The number of nitrogens with zero attached hydrogens (tertiary/aromatic N) is 3. The van der Waals surface area contributed by atoms with Crippen LogP contribution in [0, 0.1) is 10.1 Å². The number of nitrogens with one attached hydrogen (secondary N) is 2. The molecule has 0 aliphatic heterocycles. The number of hydrogen-bond acceptors (Lipinski definition) is 8. The van der Waals surface area contributed by atoms with Gasteiger partial charge in [-0.25, -0.2) is 9.97 Å². The average molecular weight is 345 g/mol. The van der Waals surface area contributed by atoms with Gasteiger partial charge in [0.05, 0.1) is 11.5 Å². The number of carbonyl (C=O) groups is 1. The molecule has 9 nitrogen and oxygen atoms in total. The SMILES string of the molecule is COCC(C)Nc1ncnc(Nc2cccc(C(C)=O)c2)c1[N+](=O)[O-]. The fourth-order valence-corrected chi connectivity index (χ4v) is 2.23. The predicted molar refractivity (Wildman–Crippen MR) is 93.4 cm³/mol. The number of aromatic nitrogens is 2. The van der Waals surface area contributed by atoms with Crippen molar-refractivity contribution in [3.05, 3.63) is 46.3 Å². The van der Waals surface area contributed by atoms with Crippen LogP contribution in [-0.2, 0) is 4.74 Å². The number of rotatable bonds is 8. The number of ether oxygens (including phenoxy) is 1. The first-order valence-electron chi connectivity index (χ1n) is 7.55.